The second kappa shape index (κ2) is 7.75. The van der Waals surface area contributed by atoms with E-state index >= 15 is 0 Å². The highest BCUT2D eigenvalue weighted by Crippen LogP contribution is 2.28. The van der Waals surface area contributed by atoms with Crippen LogP contribution in [-0.4, -0.2) is 42.6 Å². The fourth-order valence-corrected chi connectivity index (χ4v) is 3.28. The maximum atomic E-state index is 12.6. The summed E-state index contributed by atoms with van der Waals surface area (Å²) in [5, 5.41) is 4.35. The van der Waals surface area contributed by atoms with Gasteiger partial charge in [0.05, 0.1) is 0 Å². The normalized spacial score (nSPS) is 20.0. The second-order valence-corrected chi connectivity index (χ2v) is 7.53. The molecule has 1 aliphatic carbocycles. The van der Waals surface area contributed by atoms with Gasteiger partial charge in [0, 0.05) is 24.2 Å². The summed E-state index contributed by atoms with van der Waals surface area (Å²) in [6.45, 7) is 6.53. The fraction of sp³-hybridized carbons (Fsp3) is 0.632. The highest BCUT2D eigenvalue weighted by molar-refractivity contribution is 6.31. The van der Waals surface area contributed by atoms with E-state index in [9.17, 15) is 4.79 Å². The van der Waals surface area contributed by atoms with Crippen LogP contribution in [0.15, 0.2) is 18.2 Å². The van der Waals surface area contributed by atoms with Crippen molar-refractivity contribution in [2.45, 2.75) is 51.7 Å². The van der Waals surface area contributed by atoms with Gasteiger partial charge in [0.25, 0.3) is 5.91 Å². The van der Waals surface area contributed by atoms with Gasteiger partial charge >= 0.3 is 0 Å². The highest BCUT2D eigenvalue weighted by atomic mass is 35.5. The SMILES string of the molecule is Cc1cc(OC(C)C(=O)N2CCC(NCC3CC3)CC2)ccc1Cl. The zero-order valence-electron chi connectivity index (χ0n) is 14.6. The van der Waals surface area contributed by atoms with Gasteiger partial charge < -0.3 is 15.0 Å². The Morgan fingerprint density at radius 1 is 1.33 bits per heavy atom. The predicted molar refractivity (Wildman–Crippen MR) is 96.6 cm³/mol. The number of amides is 1. The summed E-state index contributed by atoms with van der Waals surface area (Å²) in [6, 6.07) is 6.05. The summed E-state index contributed by atoms with van der Waals surface area (Å²) in [6.07, 6.45) is 4.35. The molecular formula is C19H27ClN2O2. The summed E-state index contributed by atoms with van der Waals surface area (Å²) in [7, 11) is 0. The lowest BCUT2D eigenvalue weighted by atomic mass is 10.0. The average molecular weight is 351 g/mol. The number of ether oxygens (including phenoxy) is 1. The van der Waals surface area contributed by atoms with Gasteiger partial charge in [-0.3, -0.25) is 4.79 Å². The van der Waals surface area contributed by atoms with E-state index in [4.69, 9.17) is 16.3 Å². The molecule has 1 saturated carbocycles. The summed E-state index contributed by atoms with van der Waals surface area (Å²) >= 11 is 6.03. The number of likely N-dealkylation sites (tertiary alicyclic amines) is 1. The summed E-state index contributed by atoms with van der Waals surface area (Å²) in [5.41, 5.74) is 0.955. The van der Waals surface area contributed by atoms with E-state index in [1.54, 1.807) is 6.07 Å². The number of nitrogens with one attached hydrogen (secondary N) is 1. The number of carbonyl (C=O) groups is 1. The van der Waals surface area contributed by atoms with Crippen molar-refractivity contribution < 1.29 is 9.53 Å². The molecule has 1 atom stereocenters. The first-order valence-corrected chi connectivity index (χ1v) is 9.35. The molecule has 1 heterocycles. The monoisotopic (exact) mass is 350 g/mol. The zero-order valence-corrected chi connectivity index (χ0v) is 15.3. The standard InChI is InChI=1S/C19H27ClN2O2/c1-13-11-17(5-6-18(13)20)24-14(2)19(23)22-9-7-16(8-10-22)21-12-15-3-4-15/h5-6,11,14-16,21H,3-4,7-10,12H2,1-2H3. The maximum absolute atomic E-state index is 12.6. The topological polar surface area (TPSA) is 41.6 Å². The minimum Gasteiger partial charge on any atom is -0.481 e. The first-order valence-electron chi connectivity index (χ1n) is 8.98. The van der Waals surface area contributed by atoms with Crippen LogP contribution in [0, 0.1) is 12.8 Å². The number of nitrogens with zero attached hydrogens (tertiary/aromatic N) is 1. The van der Waals surface area contributed by atoms with Gasteiger partial charge in [0.2, 0.25) is 0 Å². The molecule has 4 nitrogen and oxygen atoms in total. The molecule has 24 heavy (non-hydrogen) atoms. The van der Waals surface area contributed by atoms with Crippen molar-refractivity contribution in [3.63, 3.8) is 0 Å². The van der Waals surface area contributed by atoms with E-state index in [0.717, 1.165) is 44.0 Å². The third kappa shape index (κ3) is 4.64. The Labute approximate surface area is 149 Å². The van der Waals surface area contributed by atoms with Gasteiger partial charge in [-0.1, -0.05) is 11.6 Å². The molecule has 0 radical (unpaired) electrons. The molecule has 1 saturated heterocycles. The molecule has 5 heteroatoms. The van der Waals surface area contributed by atoms with E-state index in [1.807, 2.05) is 30.9 Å². The molecule has 1 aromatic rings. The minimum absolute atomic E-state index is 0.0724. The predicted octanol–water partition coefficient (Wildman–Crippen LogP) is 3.41. The van der Waals surface area contributed by atoms with Gasteiger partial charge in [-0.25, -0.2) is 0 Å². The molecule has 2 aliphatic rings. The Kier molecular flexibility index (Phi) is 5.67. The van der Waals surface area contributed by atoms with Crippen molar-refractivity contribution in [2.75, 3.05) is 19.6 Å². The van der Waals surface area contributed by atoms with Gasteiger partial charge in [0.15, 0.2) is 6.10 Å². The molecular weight excluding hydrogens is 324 g/mol. The first-order chi connectivity index (χ1) is 11.5. The molecule has 1 amide bonds. The van der Waals surface area contributed by atoms with Gasteiger partial charge in [-0.2, -0.15) is 0 Å². The Morgan fingerprint density at radius 2 is 2.04 bits per heavy atom. The second-order valence-electron chi connectivity index (χ2n) is 7.12. The number of hydrogen-bond acceptors (Lipinski definition) is 3. The lowest BCUT2D eigenvalue weighted by Crippen LogP contribution is -2.48. The quantitative estimate of drug-likeness (QED) is 0.854. The molecule has 0 aromatic heterocycles. The molecule has 0 bridgehead atoms. The van der Waals surface area contributed by atoms with Crippen molar-refractivity contribution in [3.05, 3.63) is 28.8 Å². The summed E-state index contributed by atoms with van der Waals surface area (Å²) in [5.74, 6) is 1.67. The van der Waals surface area contributed by atoms with Gasteiger partial charge in [-0.15, -0.1) is 0 Å². The van der Waals surface area contributed by atoms with Crippen LogP contribution in [-0.2, 0) is 4.79 Å². The first kappa shape index (κ1) is 17.6. The Balaban J connectivity index is 1.46. The van der Waals surface area contributed by atoms with E-state index in [2.05, 4.69) is 5.32 Å². The van der Waals surface area contributed by atoms with Crippen molar-refractivity contribution in [1.29, 1.82) is 0 Å². The van der Waals surface area contributed by atoms with E-state index in [-0.39, 0.29) is 5.91 Å². The summed E-state index contributed by atoms with van der Waals surface area (Å²) < 4.78 is 5.81. The van der Waals surface area contributed by atoms with Crippen LogP contribution >= 0.6 is 11.6 Å². The number of piperidine rings is 1. The molecule has 1 aromatic carbocycles. The average Bonchev–Trinajstić information content (AvgIpc) is 3.40. The van der Waals surface area contributed by atoms with Crippen LogP contribution in [0.2, 0.25) is 5.02 Å². The van der Waals surface area contributed by atoms with Crippen molar-refractivity contribution in [3.8, 4) is 5.75 Å². The fourth-order valence-electron chi connectivity index (χ4n) is 3.16. The van der Waals surface area contributed by atoms with Crippen LogP contribution < -0.4 is 10.1 Å². The van der Waals surface area contributed by atoms with Crippen LogP contribution in [0.1, 0.15) is 38.2 Å². The molecule has 3 rings (SSSR count). The van der Waals surface area contributed by atoms with Gasteiger partial charge in [-0.05, 0) is 75.8 Å². The largest absolute Gasteiger partial charge is 0.481 e. The molecule has 2 fully saturated rings. The molecule has 132 valence electrons. The minimum atomic E-state index is -0.471. The van der Waals surface area contributed by atoms with Crippen molar-refractivity contribution >= 4 is 17.5 Å². The van der Waals surface area contributed by atoms with Crippen LogP contribution in [0.5, 0.6) is 5.75 Å². The number of halogens is 1. The maximum Gasteiger partial charge on any atom is 0.263 e. The summed E-state index contributed by atoms with van der Waals surface area (Å²) in [4.78, 5) is 14.5. The van der Waals surface area contributed by atoms with E-state index in [0.29, 0.717) is 16.8 Å². The van der Waals surface area contributed by atoms with Crippen LogP contribution in [0.4, 0.5) is 0 Å². The number of hydrogen-bond donors (Lipinski definition) is 1. The van der Waals surface area contributed by atoms with Crippen LogP contribution in [0.3, 0.4) is 0 Å². The number of benzene rings is 1. The Morgan fingerprint density at radius 3 is 2.67 bits per heavy atom. The Bertz CT molecular complexity index is 581. The van der Waals surface area contributed by atoms with Crippen LogP contribution in [0.25, 0.3) is 0 Å². The van der Waals surface area contributed by atoms with Gasteiger partial charge in [0.1, 0.15) is 5.75 Å². The lowest BCUT2D eigenvalue weighted by Gasteiger charge is -2.34. The highest BCUT2D eigenvalue weighted by Gasteiger charge is 2.28. The smallest absolute Gasteiger partial charge is 0.263 e. The molecule has 1 aliphatic heterocycles. The third-order valence-electron chi connectivity index (χ3n) is 4.99. The van der Waals surface area contributed by atoms with Crippen molar-refractivity contribution in [2.24, 2.45) is 5.92 Å². The molecule has 1 N–H and O–H groups in total. The molecule has 1 unspecified atom stereocenters. The lowest BCUT2D eigenvalue weighted by molar-refractivity contribution is -0.139. The van der Waals surface area contributed by atoms with E-state index < -0.39 is 6.10 Å². The number of carbonyl (C=O) groups excluding carboxylic acids is 1. The number of rotatable bonds is 6. The number of aryl methyl sites for hydroxylation is 1. The van der Waals surface area contributed by atoms with Crippen molar-refractivity contribution in [1.82, 2.24) is 10.2 Å². The van der Waals surface area contributed by atoms with E-state index in [1.165, 1.54) is 12.8 Å². The Hall–Kier alpha value is -1.26. The third-order valence-corrected chi connectivity index (χ3v) is 5.41. The zero-order chi connectivity index (χ0) is 17.1. The molecule has 0 spiro atoms.